The van der Waals surface area contributed by atoms with Crippen LogP contribution in [-0.2, 0) is 0 Å². The van der Waals surface area contributed by atoms with Crippen molar-refractivity contribution in [2.45, 2.75) is 63.7 Å². The molecule has 0 amide bonds. The van der Waals surface area contributed by atoms with Crippen LogP contribution in [0.4, 0.5) is 4.39 Å². The van der Waals surface area contributed by atoms with E-state index in [1.807, 2.05) is 12.1 Å². The maximum atomic E-state index is 12.1. The number of nitrogens with zero attached hydrogens (tertiary/aromatic N) is 1. The summed E-state index contributed by atoms with van der Waals surface area (Å²) >= 11 is 0. The predicted molar refractivity (Wildman–Crippen MR) is 96.2 cm³/mol. The van der Waals surface area contributed by atoms with E-state index in [9.17, 15) is 4.39 Å². The molecule has 2 fully saturated rings. The Bertz CT molecular complexity index is 567. The molecule has 0 saturated heterocycles. The second-order valence-electron chi connectivity index (χ2n) is 7.72. The minimum absolute atomic E-state index is 0.681. The lowest BCUT2D eigenvalue weighted by Crippen LogP contribution is -2.25. The largest absolute Gasteiger partial charge is 0.216 e. The van der Waals surface area contributed by atoms with E-state index in [0.29, 0.717) is 18.2 Å². The van der Waals surface area contributed by atoms with Crippen LogP contribution < -0.4 is 0 Å². The lowest BCUT2D eigenvalue weighted by atomic mass is 9.68. The number of hydrogen-bond donors (Lipinski definition) is 0. The van der Waals surface area contributed by atoms with Crippen LogP contribution in [-0.4, -0.2) is 0 Å². The standard InChI is InChI=1S/C22H28FN/c23-15-1-2-17-3-7-19(8-4-17)21-11-13-22(14-12-21)20-9-5-18(16-24)6-10-20/h1,5-6,9-10,15,17,19,21-22H,2-4,7-8,11-14H2/t17-,19-,21-,22-. The first-order chi connectivity index (χ1) is 11.8. The molecule has 1 aromatic rings. The monoisotopic (exact) mass is 325 g/mol. The van der Waals surface area contributed by atoms with Gasteiger partial charge >= 0.3 is 0 Å². The molecule has 24 heavy (non-hydrogen) atoms. The van der Waals surface area contributed by atoms with Crippen LogP contribution in [0.15, 0.2) is 36.7 Å². The van der Waals surface area contributed by atoms with Gasteiger partial charge in [0.2, 0.25) is 0 Å². The molecule has 3 rings (SSSR count). The number of allylic oxidation sites excluding steroid dienone is 1. The molecule has 0 radical (unpaired) electrons. The van der Waals surface area contributed by atoms with Gasteiger partial charge in [0.15, 0.2) is 0 Å². The smallest absolute Gasteiger partial charge is 0.0991 e. The summed E-state index contributed by atoms with van der Waals surface area (Å²) in [6.07, 6.45) is 13.9. The first-order valence-electron chi connectivity index (χ1n) is 9.55. The summed E-state index contributed by atoms with van der Waals surface area (Å²) in [7, 11) is 0. The van der Waals surface area contributed by atoms with Crippen molar-refractivity contribution in [3.63, 3.8) is 0 Å². The van der Waals surface area contributed by atoms with Crippen molar-refractivity contribution in [1.29, 1.82) is 5.26 Å². The Labute approximate surface area is 145 Å². The number of halogens is 1. The van der Waals surface area contributed by atoms with Gasteiger partial charge in [0.05, 0.1) is 18.0 Å². The van der Waals surface area contributed by atoms with Gasteiger partial charge in [-0.2, -0.15) is 5.26 Å². The second-order valence-corrected chi connectivity index (χ2v) is 7.72. The van der Waals surface area contributed by atoms with Crippen molar-refractivity contribution >= 4 is 0 Å². The molecule has 2 saturated carbocycles. The van der Waals surface area contributed by atoms with Crippen molar-refractivity contribution in [1.82, 2.24) is 0 Å². The Morgan fingerprint density at radius 1 is 0.917 bits per heavy atom. The topological polar surface area (TPSA) is 23.8 Å². The number of nitriles is 1. The Kier molecular flexibility index (Phi) is 6.07. The summed E-state index contributed by atoms with van der Waals surface area (Å²) in [5, 5.41) is 8.91. The van der Waals surface area contributed by atoms with Crippen LogP contribution >= 0.6 is 0 Å². The summed E-state index contributed by atoms with van der Waals surface area (Å²) in [5.41, 5.74) is 2.17. The van der Waals surface area contributed by atoms with E-state index in [-0.39, 0.29) is 0 Å². The number of rotatable bonds is 4. The van der Waals surface area contributed by atoms with Crippen LogP contribution in [0.1, 0.15) is 74.8 Å². The number of benzene rings is 1. The van der Waals surface area contributed by atoms with Crippen LogP contribution in [0, 0.1) is 29.1 Å². The summed E-state index contributed by atoms with van der Waals surface area (Å²) in [4.78, 5) is 0. The maximum absolute atomic E-state index is 12.1. The van der Waals surface area contributed by atoms with Gasteiger partial charge in [-0.05, 0) is 99.2 Å². The highest BCUT2D eigenvalue weighted by Gasteiger charge is 2.30. The minimum atomic E-state index is 0.681. The molecule has 0 unspecified atom stereocenters. The molecule has 2 heteroatoms. The van der Waals surface area contributed by atoms with Crippen LogP contribution in [0.3, 0.4) is 0 Å². The van der Waals surface area contributed by atoms with Gasteiger partial charge in [-0.3, -0.25) is 0 Å². The van der Waals surface area contributed by atoms with E-state index in [1.165, 1.54) is 56.9 Å². The highest BCUT2D eigenvalue weighted by atomic mass is 19.1. The van der Waals surface area contributed by atoms with Crippen molar-refractivity contribution in [3.8, 4) is 6.07 Å². The predicted octanol–water partition coefficient (Wildman–Crippen LogP) is 6.51. The van der Waals surface area contributed by atoms with Crippen molar-refractivity contribution < 1.29 is 4.39 Å². The Morgan fingerprint density at radius 3 is 2.04 bits per heavy atom. The number of hydrogen-bond acceptors (Lipinski definition) is 1. The lowest BCUT2D eigenvalue weighted by Gasteiger charge is -2.38. The van der Waals surface area contributed by atoms with Crippen molar-refractivity contribution in [2.24, 2.45) is 17.8 Å². The molecule has 0 spiro atoms. The van der Waals surface area contributed by atoms with Gasteiger partial charge in [0.1, 0.15) is 0 Å². The van der Waals surface area contributed by atoms with Gasteiger partial charge < -0.3 is 0 Å². The van der Waals surface area contributed by atoms with Gasteiger partial charge in [-0.1, -0.05) is 18.2 Å². The summed E-state index contributed by atoms with van der Waals surface area (Å²) in [6.45, 7) is 0. The SMILES string of the molecule is N#Cc1ccc([C@H]2CC[C@H]([C@H]3CC[C@H](CC=CF)CC3)CC2)cc1. The van der Waals surface area contributed by atoms with Crippen LogP contribution in [0.5, 0.6) is 0 Å². The van der Waals surface area contributed by atoms with Crippen molar-refractivity contribution in [2.75, 3.05) is 0 Å². The van der Waals surface area contributed by atoms with E-state index in [4.69, 9.17) is 5.26 Å². The average Bonchev–Trinajstić information content (AvgIpc) is 2.67. The quantitative estimate of drug-likeness (QED) is 0.619. The van der Waals surface area contributed by atoms with E-state index in [1.54, 1.807) is 6.08 Å². The molecular weight excluding hydrogens is 297 g/mol. The van der Waals surface area contributed by atoms with Gasteiger partial charge in [0.25, 0.3) is 0 Å². The zero-order chi connectivity index (χ0) is 16.8. The molecule has 0 bridgehead atoms. The Morgan fingerprint density at radius 2 is 1.50 bits per heavy atom. The van der Waals surface area contributed by atoms with Gasteiger partial charge in [-0.15, -0.1) is 0 Å². The van der Waals surface area contributed by atoms with E-state index in [2.05, 4.69) is 18.2 Å². The van der Waals surface area contributed by atoms with E-state index in [0.717, 1.165) is 23.8 Å². The fourth-order valence-electron chi connectivity index (χ4n) is 4.89. The highest BCUT2D eigenvalue weighted by Crippen LogP contribution is 2.44. The fraction of sp³-hybridized carbons (Fsp3) is 0.591. The van der Waals surface area contributed by atoms with Gasteiger partial charge in [0, 0.05) is 0 Å². The molecule has 0 atom stereocenters. The Hall–Kier alpha value is -1.62. The molecule has 0 heterocycles. The zero-order valence-corrected chi connectivity index (χ0v) is 14.5. The highest BCUT2D eigenvalue weighted by molar-refractivity contribution is 5.33. The van der Waals surface area contributed by atoms with Crippen LogP contribution in [0.2, 0.25) is 0 Å². The zero-order valence-electron chi connectivity index (χ0n) is 14.5. The maximum Gasteiger partial charge on any atom is 0.0991 e. The fourth-order valence-corrected chi connectivity index (χ4v) is 4.89. The second kappa shape index (κ2) is 8.47. The molecule has 0 aromatic heterocycles. The normalized spacial score (nSPS) is 31.0. The third kappa shape index (κ3) is 4.26. The molecule has 0 N–H and O–H groups in total. The molecule has 1 nitrogen and oxygen atoms in total. The third-order valence-corrected chi connectivity index (χ3v) is 6.40. The van der Waals surface area contributed by atoms with E-state index >= 15 is 0 Å². The molecular formula is C22H28FN. The summed E-state index contributed by atoms with van der Waals surface area (Å²) in [5.74, 6) is 3.19. The average molecular weight is 325 g/mol. The lowest BCUT2D eigenvalue weighted by molar-refractivity contribution is 0.160. The van der Waals surface area contributed by atoms with Crippen LogP contribution in [0.25, 0.3) is 0 Å². The van der Waals surface area contributed by atoms with E-state index < -0.39 is 0 Å². The summed E-state index contributed by atoms with van der Waals surface area (Å²) in [6, 6.07) is 10.4. The molecule has 128 valence electrons. The molecule has 2 aliphatic carbocycles. The Balaban J connectivity index is 1.46. The first kappa shape index (κ1) is 17.2. The third-order valence-electron chi connectivity index (χ3n) is 6.40. The first-order valence-corrected chi connectivity index (χ1v) is 9.55. The van der Waals surface area contributed by atoms with Gasteiger partial charge in [-0.25, -0.2) is 4.39 Å². The molecule has 1 aromatic carbocycles. The molecule has 0 aliphatic heterocycles. The molecule has 2 aliphatic rings. The minimum Gasteiger partial charge on any atom is -0.216 e. The van der Waals surface area contributed by atoms with Crippen molar-refractivity contribution in [3.05, 3.63) is 47.8 Å². The summed E-state index contributed by atoms with van der Waals surface area (Å²) < 4.78 is 12.1.